The molecule has 2 atom stereocenters. The monoisotopic (exact) mass is 206 g/mol. The lowest BCUT2D eigenvalue weighted by Crippen LogP contribution is -2.31. The van der Waals surface area contributed by atoms with Crippen molar-refractivity contribution in [3.63, 3.8) is 0 Å². The number of hydrogen-bond acceptors (Lipinski definition) is 4. The molecule has 0 bridgehead atoms. The van der Waals surface area contributed by atoms with Crippen LogP contribution in [0.1, 0.15) is 6.42 Å². The second kappa shape index (κ2) is 5.64. The first-order valence-electron chi connectivity index (χ1n) is 3.63. The number of hydrogen-bond donors (Lipinski definition) is 1. The van der Waals surface area contributed by atoms with E-state index in [-0.39, 0.29) is 30.5 Å². The molecule has 1 rings (SSSR count). The molecular weight excluding hydrogens is 196 g/mol. The van der Waals surface area contributed by atoms with Crippen molar-refractivity contribution >= 4 is 18.4 Å². The molecule has 0 spiro atoms. The van der Waals surface area contributed by atoms with Gasteiger partial charge in [-0.1, -0.05) is 5.11 Å². The summed E-state index contributed by atoms with van der Waals surface area (Å²) in [6.07, 6.45) is 0.525. The summed E-state index contributed by atoms with van der Waals surface area (Å²) in [5, 5.41) is 6.40. The van der Waals surface area contributed by atoms with Crippen LogP contribution >= 0.6 is 12.4 Å². The van der Waals surface area contributed by atoms with E-state index in [1.807, 2.05) is 0 Å². The highest BCUT2D eigenvalue weighted by molar-refractivity contribution is 5.85. The van der Waals surface area contributed by atoms with Crippen LogP contribution in [-0.2, 0) is 9.53 Å². The first-order chi connectivity index (χ1) is 5.77. The van der Waals surface area contributed by atoms with E-state index < -0.39 is 0 Å². The van der Waals surface area contributed by atoms with Gasteiger partial charge < -0.3 is 10.1 Å². The summed E-state index contributed by atoms with van der Waals surface area (Å²) in [5.74, 6) is -0.300. The highest BCUT2D eigenvalue weighted by Gasteiger charge is 2.29. The van der Waals surface area contributed by atoms with E-state index in [9.17, 15) is 4.79 Å². The van der Waals surface area contributed by atoms with Gasteiger partial charge in [0, 0.05) is 11.5 Å². The summed E-state index contributed by atoms with van der Waals surface area (Å²) >= 11 is 0. The number of methoxy groups -OCH3 is 1. The zero-order valence-electron chi connectivity index (χ0n) is 7.14. The molecule has 1 heterocycles. The minimum atomic E-state index is -0.314. The Hall–Kier alpha value is -0.970. The SMILES string of the molecule is COC(=O)[C@@H]1C[C@@H](N=[N+]=[N-])CN1.Cl. The Bertz CT molecular complexity index is 229. The third kappa shape index (κ3) is 3.10. The van der Waals surface area contributed by atoms with Crippen molar-refractivity contribution in [2.75, 3.05) is 13.7 Å². The molecular formula is C6H11ClN4O2. The summed E-state index contributed by atoms with van der Waals surface area (Å²) < 4.78 is 4.52. The quantitative estimate of drug-likeness (QED) is 0.311. The van der Waals surface area contributed by atoms with Gasteiger partial charge in [0.05, 0.1) is 13.2 Å². The average molecular weight is 207 g/mol. The van der Waals surface area contributed by atoms with Crippen LogP contribution in [0.15, 0.2) is 5.11 Å². The zero-order valence-corrected chi connectivity index (χ0v) is 7.95. The van der Waals surface area contributed by atoms with E-state index in [1.165, 1.54) is 7.11 Å². The van der Waals surface area contributed by atoms with Crippen molar-refractivity contribution in [2.24, 2.45) is 5.11 Å². The number of azide groups is 1. The number of carbonyl (C=O) groups is 1. The predicted molar refractivity (Wildman–Crippen MR) is 48.6 cm³/mol. The fraction of sp³-hybridized carbons (Fsp3) is 0.833. The Labute approximate surface area is 81.7 Å². The Morgan fingerprint density at radius 3 is 3.00 bits per heavy atom. The molecule has 0 aromatic carbocycles. The lowest BCUT2D eigenvalue weighted by molar-refractivity contribution is -0.142. The van der Waals surface area contributed by atoms with Crippen molar-refractivity contribution in [3.05, 3.63) is 10.4 Å². The summed E-state index contributed by atoms with van der Waals surface area (Å²) in [7, 11) is 1.34. The molecule has 1 saturated heterocycles. The number of esters is 1. The third-order valence-electron chi connectivity index (χ3n) is 1.81. The summed E-state index contributed by atoms with van der Waals surface area (Å²) in [4.78, 5) is 13.6. The van der Waals surface area contributed by atoms with Gasteiger partial charge in [0.25, 0.3) is 0 Å². The van der Waals surface area contributed by atoms with Crippen molar-refractivity contribution in [2.45, 2.75) is 18.5 Å². The highest BCUT2D eigenvalue weighted by Crippen LogP contribution is 2.11. The Morgan fingerprint density at radius 1 is 1.77 bits per heavy atom. The van der Waals surface area contributed by atoms with Crippen LogP contribution < -0.4 is 5.32 Å². The molecule has 0 amide bonds. The van der Waals surface area contributed by atoms with Gasteiger partial charge in [-0.2, -0.15) is 0 Å². The molecule has 1 aliphatic rings. The third-order valence-corrected chi connectivity index (χ3v) is 1.81. The number of rotatable bonds is 2. The van der Waals surface area contributed by atoms with E-state index in [0.29, 0.717) is 13.0 Å². The minimum Gasteiger partial charge on any atom is -0.468 e. The van der Waals surface area contributed by atoms with Crippen molar-refractivity contribution in [1.29, 1.82) is 0 Å². The summed E-state index contributed by atoms with van der Waals surface area (Å²) in [6.45, 7) is 0.545. The number of nitrogens with one attached hydrogen (secondary N) is 1. The van der Waals surface area contributed by atoms with Gasteiger partial charge in [-0.15, -0.1) is 12.4 Å². The van der Waals surface area contributed by atoms with Crippen LogP contribution in [0.2, 0.25) is 0 Å². The predicted octanol–water partition coefficient (Wildman–Crippen LogP) is 0.622. The van der Waals surface area contributed by atoms with Crippen LogP contribution in [0.4, 0.5) is 0 Å². The smallest absolute Gasteiger partial charge is 0.322 e. The average Bonchev–Trinajstić information content (AvgIpc) is 2.52. The number of ether oxygens (including phenoxy) is 1. The number of halogens is 1. The van der Waals surface area contributed by atoms with E-state index in [2.05, 4.69) is 20.1 Å². The molecule has 0 saturated carbocycles. The molecule has 7 heteroatoms. The molecule has 0 aromatic heterocycles. The molecule has 74 valence electrons. The molecule has 0 aliphatic carbocycles. The maximum absolute atomic E-state index is 10.9. The fourth-order valence-electron chi connectivity index (χ4n) is 1.20. The standard InChI is InChI=1S/C6H10N4O2.ClH/c1-12-6(11)5-2-4(3-8-5)9-10-7;/h4-5,8H,2-3H2,1H3;1H/t4-,5+;/m1./s1. The largest absolute Gasteiger partial charge is 0.468 e. The zero-order chi connectivity index (χ0) is 8.97. The lowest BCUT2D eigenvalue weighted by atomic mass is 10.2. The second-order valence-corrected chi connectivity index (χ2v) is 2.58. The summed E-state index contributed by atoms with van der Waals surface area (Å²) in [5.41, 5.74) is 8.12. The van der Waals surface area contributed by atoms with E-state index in [0.717, 1.165) is 0 Å². The molecule has 1 N–H and O–H groups in total. The van der Waals surface area contributed by atoms with Crippen LogP contribution in [0, 0.1) is 0 Å². The first-order valence-corrected chi connectivity index (χ1v) is 3.63. The lowest BCUT2D eigenvalue weighted by Gasteiger charge is -2.05. The second-order valence-electron chi connectivity index (χ2n) is 2.58. The molecule has 1 aliphatic heterocycles. The van der Waals surface area contributed by atoms with Gasteiger partial charge in [0.2, 0.25) is 0 Å². The number of carbonyl (C=O) groups excluding carboxylic acids is 1. The van der Waals surface area contributed by atoms with Crippen LogP contribution in [0.3, 0.4) is 0 Å². The Morgan fingerprint density at radius 2 is 2.46 bits per heavy atom. The highest BCUT2D eigenvalue weighted by atomic mass is 35.5. The van der Waals surface area contributed by atoms with E-state index in [1.54, 1.807) is 0 Å². The van der Waals surface area contributed by atoms with Crippen molar-refractivity contribution < 1.29 is 9.53 Å². The summed E-state index contributed by atoms with van der Waals surface area (Å²) in [6, 6.07) is -0.440. The molecule has 1 fully saturated rings. The Kier molecular flexibility index (Phi) is 5.22. The Balaban J connectivity index is 0.00000144. The van der Waals surface area contributed by atoms with Crippen LogP contribution in [-0.4, -0.2) is 31.7 Å². The van der Waals surface area contributed by atoms with Gasteiger partial charge in [0.1, 0.15) is 6.04 Å². The maximum Gasteiger partial charge on any atom is 0.322 e. The number of nitrogens with zero attached hydrogens (tertiary/aromatic N) is 3. The van der Waals surface area contributed by atoms with Gasteiger partial charge in [-0.3, -0.25) is 4.79 Å². The first kappa shape index (κ1) is 12.0. The van der Waals surface area contributed by atoms with Gasteiger partial charge >= 0.3 is 5.97 Å². The van der Waals surface area contributed by atoms with Crippen molar-refractivity contribution in [3.8, 4) is 0 Å². The van der Waals surface area contributed by atoms with E-state index >= 15 is 0 Å². The molecule has 13 heavy (non-hydrogen) atoms. The molecule has 0 radical (unpaired) electrons. The van der Waals surface area contributed by atoms with Crippen LogP contribution in [0.5, 0.6) is 0 Å². The van der Waals surface area contributed by atoms with Crippen molar-refractivity contribution in [1.82, 2.24) is 5.32 Å². The molecule has 0 aromatic rings. The van der Waals surface area contributed by atoms with Crippen LogP contribution in [0.25, 0.3) is 10.4 Å². The van der Waals surface area contributed by atoms with Gasteiger partial charge in [-0.05, 0) is 12.0 Å². The van der Waals surface area contributed by atoms with E-state index in [4.69, 9.17) is 5.53 Å². The van der Waals surface area contributed by atoms with Gasteiger partial charge in [-0.25, -0.2) is 0 Å². The topological polar surface area (TPSA) is 87.1 Å². The minimum absolute atomic E-state index is 0. The maximum atomic E-state index is 10.9. The van der Waals surface area contributed by atoms with Gasteiger partial charge in [0.15, 0.2) is 0 Å². The fourth-order valence-corrected chi connectivity index (χ4v) is 1.20. The molecule has 6 nitrogen and oxygen atoms in total. The normalized spacial score (nSPS) is 25.6. The molecule has 0 unspecified atom stereocenters.